The molecule has 0 saturated carbocycles. The number of nitrogens with zero attached hydrogens (tertiary/aromatic N) is 2. The van der Waals surface area contributed by atoms with Gasteiger partial charge in [-0.2, -0.15) is 5.10 Å². The van der Waals surface area contributed by atoms with Crippen LogP contribution in [0.5, 0.6) is 11.6 Å². The monoisotopic (exact) mass is 307 g/mol. The Bertz CT molecular complexity index is 502. The molecule has 1 heterocycles. The van der Waals surface area contributed by atoms with Gasteiger partial charge in [0.2, 0.25) is 5.88 Å². The number of hydrogen-bond donors (Lipinski definition) is 1. The zero-order valence-corrected chi connectivity index (χ0v) is 11.6. The van der Waals surface area contributed by atoms with Crippen molar-refractivity contribution in [3.8, 4) is 11.6 Å². The van der Waals surface area contributed by atoms with Crippen LogP contribution in [-0.2, 0) is 6.54 Å². The van der Waals surface area contributed by atoms with E-state index in [-0.39, 0.29) is 0 Å². The first-order valence-electron chi connectivity index (χ1n) is 5.75. The van der Waals surface area contributed by atoms with Gasteiger partial charge in [0, 0.05) is 12.6 Å². The van der Waals surface area contributed by atoms with E-state index >= 15 is 0 Å². The summed E-state index contributed by atoms with van der Waals surface area (Å²) in [7, 11) is 0. The molecule has 0 aliphatic heterocycles. The number of halogens is 1. The van der Waals surface area contributed by atoms with E-state index < -0.39 is 0 Å². The first-order chi connectivity index (χ1) is 8.79. The Morgan fingerprint density at radius 2 is 2.00 bits per heavy atom. The van der Waals surface area contributed by atoms with E-state index in [9.17, 15) is 0 Å². The molecule has 4 nitrogen and oxygen atoms in total. The summed E-state index contributed by atoms with van der Waals surface area (Å²) in [5, 5.41) is 11.3. The third-order valence-corrected chi connectivity index (χ3v) is 2.96. The molecule has 0 unspecified atom stereocenters. The Labute approximate surface area is 115 Å². The number of nitrogens with one attached hydrogen (secondary N) is 1. The topological polar surface area (TPSA) is 47.0 Å². The van der Waals surface area contributed by atoms with Gasteiger partial charge in [0.25, 0.3) is 0 Å². The van der Waals surface area contributed by atoms with Crippen LogP contribution >= 0.6 is 15.9 Å². The predicted molar refractivity (Wildman–Crippen MR) is 73.6 cm³/mol. The van der Waals surface area contributed by atoms with Crippen LogP contribution < -0.4 is 10.1 Å². The Morgan fingerprint density at radius 1 is 1.17 bits per heavy atom. The van der Waals surface area contributed by atoms with E-state index in [2.05, 4.69) is 38.4 Å². The third-order valence-electron chi connectivity index (χ3n) is 2.30. The maximum atomic E-state index is 5.63. The Hall–Kier alpha value is -1.46. The molecule has 18 heavy (non-hydrogen) atoms. The lowest BCUT2D eigenvalue weighted by molar-refractivity contribution is 0.450. The molecule has 1 N–H and O–H groups in total. The summed E-state index contributed by atoms with van der Waals surface area (Å²) < 4.78 is 6.52. The van der Waals surface area contributed by atoms with Crippen LogP contribution in [0.2, 0.25) is 0 Å². The van der Waals surface area contributed by atoms with Crippen molar-refractivity contribution in [1.29, 1.82) is 0 Å². The Kier molecular flexibility index (Phi) is 4.66. The molecule has 0 aliphatic rings. The van der Waals surface area contributed by atoms with Crippen molar-refractivity contribution in [1.82, 2.24) is 15.5 Å². The number of aromatic nitrogens is 2. The molecule has 2 aromatic rings. The molecule has 0 bridgehead atoms. The van der Waals surface area contributed by atoms with Gasteiger partial charge < -0.3 is 10.1 Å². The van der Waals surface area contributed by atoms with Crippen molar-refractivity contribution in [2.24, 2.45) is 0 Å². The fourth-order valence-electron chi connectivity index (χ4n) is 1.39. The average Bonchev–Trinajstić information content (AvgIpc) is 2.41. The third kappa shape index (κ3) is 3.51. The predicted octanol–water partition coefficient (Wildman–Crippen LogP) is 3.14. The smallest absolute Gasteiger partial charge is 0.238 e. The van der Waals surface area contributed by atoms with Gasteiger partial charge in [0.15, 0.2) is 0 Å². The summed E-state index contributed by atoms with van der Waals surface area (Å²) in [6.45, 7) is 3.69. The highest BCUT2D eigenvalue weighted by Crippen LogP contribution is 2.27. The summed E-state index contributed by atoms with van der Waals surface area (Å²) in [4.78, 5) is 0. The molecular formula is C13H14BrN3O. The zero-order chi connectivity index (χ0) is 12.8. The van der Waals surface area contributed by atoms with Gasteiger partial charge >= 0.3 is 0 Å². The van der Waals surface area contributed by atoms with Crippen molar-refractivity contribution in [3.63, 3.8) is 0 Å². The molecule has 94 valence electrons. The quantitative estimate of drug-likeness (QED) is 0.922. The van der Waals surface area contributed by atoms with Crippen molar-refractivity contribution in [2.45, 2.75) is 13.5 Å². The standard InChI is InChI=1S/C13H14BrN3O/c1-2-15-9-10-7-8-13(17-16-10)18-12-6-4-3-5-11(12)14/h3-8,15H,2,9H2,1H3. The summed E-state index contributed by atoms with van der Waals surface area (Å²) in [5.74, 6) is 1.22. The fourth-order valence-corrected chi connectivity index (χ4v) is 1.76. The number of rotatable bonds is 5. The van der Waals surface area contributed by atoms with Crippen molar-refractivity contribution < 1.29 is 4.74 Å². The van der Waals surface area contributed by atoms with Gasteiger partial charge in [0.05, 0.1) is 10.2 Å². The molecule has 0 radical (unpaired) electrons. The fraction of sp³-hybridized carbons (Fsp3) is 0.231. The van der Waals surface area contributed by atoms with E-state index in [1.54, 1.807) is 0 Å². The largest absolute Gasteiger partial charge is 0.436 e. The van der Waals surface area contributed by atoms with Gasteiger partial charge in [-0.3, -0.25) is 0 Å². The summed E-state index contributed by atoms with van der Waals surface area (Å²) in [6, 6.07) is 11.4. The molecular weight excluding hydrogens is 294 g/mol. The lowest BCUT2D eigenvalue weighted by Gasteiger charge is -2.06. The van der Waals surface area contributed by atoms with Crippen molar-refractivity contribution in [3.05, 3.63) is 46.6 Å². The molecule has 2 rings (SSSR count). The average molecular weight is 308 g/mol. The second-order valence-electron chi connectivity index (χ2n) is 3.68. The number of ether oxygens (including phenoxy) is 1. The number of hydrogen-bond acceptors (Lipinski definition) is 4. The van der Waals surface area contributed by atoms with Gasteiger partial charge in [-0.25, -0.2) is 0 Å². The van der Waals surface area contributed by atoms with E-state index in [0.29, 0.717) is 5.88 Å². The number of para-hydroxylation sites is 1. The van der Waals surface area contributed by atoms with Crippen LogP contribution in [0.3, 0.4) is 0 Å². The molecule has 0 aliphatic carbocycles. The van der Waals surface area contributed by atoms with Gasteiger partial charge in [-0.05, 0) is 40.7 Å². The lowest BCUT2D eigenvalue weighted by atomic mass is 10.3. The highest BCUT2D eigenvalue weighted by Gasteiger charge is 2.03. The molecule has 0 fully saturated rings. The van der Waals surface area contributed by atoms with Crippen molar-refractivity contribution >= 4 is 15.9 Å². The highest BCUT2D eigenvalue weighted by molar-refractivity contribution is 9.10. The molecule has 0 saturated heterocycles. The molecule has 0 amide bonds. The van der Waals surface area contributed by atoms with E-state index in [1.165, 1.54) is 0 Å². The second kappa shape index (κ2) is 6.47. The van der Waals surface area contributed by atoms with Crippen LogP contribution in [0.4, 0.5) is 0 Å². The maximum Gasteiger partial charge on any atom is 0.238 e. The van der Waals surface area contributed by atoms with Gasteiger partial charge in [-0.1, -0.05) is 19.1 Å². The molecule has 1 aromatic carbocycles. The normalized spacial score (nSPS) is 10.3. The second-order valence-corrected chi connectivity index (χ2v) is 4.53. The van der Waals surface area contributed by atoms with Gasteiger partial charge in [0.1, 0.15) is 5.75 Å². The Balaban J connectivity index is 2.04. The first kappa shape index (κ1) is 13.0. The minimum atomic E-state index is 0.488. The van der Waals surface area contributed by atoms with E-state index in [0.717, 1.165) is 29.0 Å². The SMILES string of the molecule is CCNCc1ccc(Oc2ccccc2Br)nn1. The maximum absolute atomic E-state index is 5.63. The first-order valence-corrected chi connectivity index (χ1v) is 6.54. The van der Waals surface area contributed by atoms with Crippen molar-refractivity contribution in [2.75, 3.05) is 6.54 Å². The van der Waals surface area contributed by atoms with E-state index in [1.807, 2.05) is 36.4 Å². The molecule has 1 aromatic heterocycles. The summed E-state index contributed by atoms with van der Waals surface area (Å²) in [5.41, 5.74) is 0.899. The van der Waals surface area contributed by atoms with Crippen LogP contribution in [0.25, 0.3) is 0 Å². The highest BCUT2D eigenvalue weighted by atomic mass is 79.9. The zero-order valence-electron chi connectivity index (χ0n) is 10.1. The minimum absolute atomic E-state index is 0.488. The summed E-state index contributed by atoms with van der Waals surface area (Å²) >= 11 is 3.42. The molecule has 0 spiro atoms. The van der Waals surface area contributed by atoms with Crippen LogP contribution in [0.15, 0.2) is 40.9 Å². The van der Waals surface area contributed by atoms with E-state index in [4.69, 9.17) is 4.74 Å². The van der Waals surface area contributed by atoms with Crippen LogP contribution in [-0.4, -0.2) is 16.7 Å². The Morgan fingerprint density at radius 3 is 2.67 bits per heavy atom. The summed E-state index contributed by atoms with van der Waals surface area (Å²) in [6.07, 6.45) is 0. The van der Waals surface area contributed by atoms with Crippen LogP contribution in [0, 0.1) is 0 Å². The number of benzene rings is 1. The molecule has 0 atom stereocenters. The minimum Gasteiger partial charge on any atom is -0.436 e. The lowest BCUT2D eigenvalue weighted by Crippen LogP contribution is -2.13. The van der Waals surface area contributed by atoms with Crippen LogP contribution in [0.1, 0.15) is 12.6 Å². The van der Waals surface area contributed by atoms with Gasteiger partial charge in [-0.15, -0.1) is 5.10 Å². The molecule has 5 heteroatoms.